The third kappa shape index (κ3) is 3.16. The highest BCUT2D eigenvalue weighted by molar-refractivity contribution is 5.75. The first kappa shape index (κ1) is 14.7. The molecule has 0 aliphatic carbocycles. The molecule has 0 bridgehead atoms. The predicted octanol–water partition coefficient (Wildman–Crippen LogP) is 2.92. The van der Waals surface area contributed by atoms with Gasteiger partial charge in [0, 0.05) is 12.6 Å². The van der Waals surface area contributed by atoms with E-state index in [2.05, 4.69) is 15.3 Å². The quantitative estimate of drug-likeness (QED) is 0.656. The molecule has 1 unspecified atom stereocenters. The van der Waals surface area contributed by atoms with Crippen LogP contribution in [0.2, 0.25) is 0 Å². The van der Waals surface area contributed by atoms with Crippen molar-refractivity contribution in [3.05, 3.63) is 65.7 Å². The Bertz CT molecular complexity index is 742. The van der Waals surface area contributed by atoms with Gasteiger partial charge in [0.25, 0.3) is 0 Å². The fourth-order valence-electron chi connectivity index (χ4n) is 2.55. The number of halogens is 1. The number of rotatable bonds is 6. The van der Waals surface area contributed by atoms with Gasteiger partial charge in [-0.3, -0.25) is 0 Å². The van der Waals surface area contributed by atoms with Gasteiger partial charge in [-0.05, 0) is 24.1 Å². The molecule has 0 aliphatic heterocycles. The van der Waals surface area contributed by atoms with Crippen LogP contribution in [0.3, 0.4) is 0 Å². The predicted molar refractivity (Wildman–Crippen MR) is 83.8 cm³/mol. The number of hydrogen-bond donors (Lipinski definition) is 3. The van der Waals surface area contributed by atoms with Gasteiger partial charge in [0.05, 0.1) is 12.1 Å². The van der Waals surface area contributed by atoms with Crippen molar-refractivity contribution in [2.45, 2.75) is 19.0 Å². The van der Waals surface area contributed by atoms with E-state index in [-0.39, 0.29) is 18.5 Å². The molecule has 4 nitrogen and oxygen atoms in total. The third-order valence-corrected chi connectivity index (χ3v) is 3.65. The van der Waals surface area contributed by atoms with Gasteiger partial charge in [0.1, 0.15) is 11.3 Å². The second-order valence-corrected chi connectivity index (χ2v) is 5.18. The smallest absolute Gasteiger partial charge is 0.151 e. The van der Waals surface area contributed by atoms with Crippen LogP contribution >= 0.6 is 0 Å². The van der Waals surface area contributed by atoms with Crippen LogP contribution in [0.1, 0.15) is 23.9 Å². The van der Waals surface area contributed by atoms with Crippen LogP contribution in [0.15, 0.2) is 48.5 Å². The van der Waals surface area contributed by atoms with Crippen LogP contribution in [0.4, 0.5) is 4.39 Å². The Kier molecular flexibility index (Phi) is 4.46. The van der Waals surface area contributed by atoms with Crippen LogP contribution < -0.4 is 5.32 Å². The topological polar surface area (TPSA) is 60.9 Å². The van der Waals surface area contributed by atoms with E-state index in [9.17, 15) is 9.50 Å². The number of aromatic amines is 1. The Morgan fingerprint density at radius 2 is 1.95 bits per heavy atom. The molecule has 0 spiro atoms. The minimum absolute atomic E-state index is 0.0317. The largest absolute Gasteiger partial charge is 0.396 e. The molecule has 0 radical (unpaired) electrons. The number of aliphatic hydroxyl groups excluding tert-OH is 1. The normalized spacial score (nSPS) is 12.6. The van der Waals surface area contributed by atoms with Gasteiger partial charge in [-0.2, -0.15) is 0 Å². The third-order valence-electron chi connectivity index (χ3n) is 3.65. The van der Waals surface area contributed by atoms with Crippen molar-refractivity contribution in [1.29, 1.82) is 0 Å². The van der Waals surface area contributed by atoms with Gasteiger partial charge < -0.3 is 15.4 Å². The van der Waals surface area contributed by atoms with Crippen molar-refractivity contribution < 1.29 is 9.50 Å². The van der Waals surface area contributed by atoms with Crippen molar-refractivity contribution in [3.8, 4) is 0 Å². The second-order valence-electron chi connectivity index (χ2n) is 5.18. The summed E-state index contributed by atoms with van der Waals surface area (Å²) in [4.78, 5) is 7.39. The van der Waals surface area contributed by atoms with Gasteiger partial charge in [0.2, 0.25) is 0 Å². The number of fused-ring (bicyclic) bond motifs is 1. The van der Waals surface area contributed by atoms with Crippen LogP contribution in [-0.2, 0) is 6.54 Å². The number of nitrogens with one attached hydrogen (secondary N) is 2. The summed E-state index contributed by atoms with van der Waals surface area (Å²) >= 11 is 0. The first-order valence-corrected chi connectivity index (χ1v) is 7.30. The maximum atomic E-state index is 13.6. The molecule has 1 heterocycles. The molecule has 0 fully saturated rings. The number of benzene rings is 2. The van der Waals surface area contributed by atoms with E-state index in [1.807, 2.05) is 30.3 Å². The molecule has 22 heavy (non-hydrogen) atoms. The fraction of sp³-hybridized carbons (Fsp3) is 0.235. The van der Waals surface area contributed by atoms with Gasteiger partial charge in [0.15, 0.2) is 5.82 Å². The van der Waals surface area contributed by atoms with E-state index < -0.39 is 0 Å². The van der Waals surface area contributed by atoms with Gasteiger partial charge in [-0.15, -0.1) is 0 Å². The second kappa shape index (κ2) is 6.68. The van der Waals surface area contributed by atoms with Crippen LogP contribution in [0.25, 0.3) is 11.0 Å². The lowest BCUT2D eigenvalue weighted by atomic mass is 10.0. The number of hydrogen-bond acceptors (Lipinski definition) is 3. The van der Waals surface area contributed by atoms with E-state index in [1.54, 1.807) is 12.1 Å². The zero-order chi connectivity index (χ0) is 15.4. The van der Waals surface area contributed by atoms with Crippen LogP contribution in [-0.4, -0.2) is 21.7 Å². The van der Waals surface area contributed by atoms with Crippen molar-refractivity contribution >= 4 is 11.0 Å². The molecule has 5 heteroatoms. The number of aromatic nitrogens is 2. The molecular formula is C17H18FN3O. The summed E-state index contributed by atoms with van der Waals surface area (Å²) in [6.45, 7) is 0.578. The lowest BCUT2D eigenvalue weighted by Crippen LogP contribution is -2.22. The van der Waals surface area contributed by atoms with Crippen molar-refractivity contribution in [2.24, 2.45) is 0 Å². The summed E-state index contributed by atoms with van der Waals surface area (Å²) < 4.78 is 13.6. The van der Waals surface area contributed by atoms with Crippen molar-refractivity contribution in [1.82, 2.24) is 15.3 Å². The standard InChI is InChI=1S/C17H18FN3O/c18-13-7-4-8-15-17(13)21-16(20-15)11-19-14(9-10-22)12-5-2-1-3-6-12/h1-8,14,19,22H,9-11H2,(H,20,21). The summed E-state index contributed by atoms with van der Waals surface area (Å²) in [5.41, 5.74) is 2.16. The molecule has 1 atom stereocenters. The summed E-state index contributed by atoms with van der Waals surface area (Å²) in [5.74, 6) is 0.355. The SMILES string of the molecule is OCCC(NCc1nc2c(F)cccc2[nH]1)c1ccccc1. The summed E-state index contributed by atoms with van der Waals surface area (Å²) in [6, 6.07) is 14.8. The summed E-state index contributed by atoms with van der Waals surface area (Å²) in [5, 5.41) is 12.6. The Morgan fingerprint density at radius 3 is 2.68 bits per heavy atom. The molecule has 114 valence electrons. The molecular weight excluding hydrogens is 281 g/mol. The summed E-state index contributed by atoms with van der Waals surface area (Å²) in [7, 11) is 0. The first-order valence-electron chi connectivity index (χ1n) is 7.30. The van der Waals surface area contributed by atoms with Gasteiger partial charge in [-0.1, -0.05) is 36.4 Å². The number of imidazole rings is 1. The minimum Gasteiger partial charge on any atom is -0.396 e. The van der Waals surface area contributed by atoms with E-state index in [0.717, 1.165) is 5.56 Å². The average molecular weight is 299 g/mol. The van der Waals surface area contributed by atoms with Crippen LogP contribution in [0.5, 0.6) is 0 Å². The van der Waals surface area contributed by atoms with Gasteiger partial charge >= 0.3 is 0 Å². The molecule has 0 aliphatic rings. The van der Waals surface area contributed by atoms with E-state index in [0.29, 0.717) is 29.8 Å². The summed E-state index contributed by atoms with van der Waals surface area (Å²) in [6.07, 6.45) is 0.610. The zero-order valence-corrected chi connectivity index (χ0v) is 12.1. The highest BCUT2D eigenvalue weighted by atomic mass is 19.1. The van der Waals surface area contributed by atoms with E-state index >= 15 is 0 Å². The lowest BCUT2D eigenvalue weighted by molar-refractivity contribution is 0.264. The molecule has 0 saturated carbocycles. The average Bonchev–Trinajstić information content (AvgIpc) is 2.97. The molecule has 0 amide bonds. The number of aliphatic hydroxyl groups is 1. The molecule has 3 rings (SSSR count). The maximum absolute atomic E-state index is 13.6. The fourth-order valence-corrected chi connectivity index (χ4v) is 2.55. The van der Waals surface area contributed by atoms with Crippen molar-refractivity contribution in [2.75, 3.05) is 6.61 Å². The Morgan fingerprint density at radius 1 is 1.14 bits per heavy atom. The molecule has 3 N–H and O–H groups in total. The van der Waals surface area contributed by atoms with E-state index in [1.165, 1.54) is 6.07 Å². The maximum Gasteiger partial charge on any atom is 0.151 e. The Balaban J connectivity index is 1.75. The zero-order valence-electron chi connectivity index (χ0n) is 12.1. The molecule has 3 aromatic rings. The number of para-hydroxylation sites is 1. The monoisotopic (exact) mass is 299 g/mol. The lowest BCUT2D eigenvalue weighted by Gasteiger charge is -2.17. The Hall–Kier alpha value is -2.24. The highest BCUT2D eigenvalue weighted by Crippen LogP contribution is 2.18. The van der Waals surface area contributed by atoms with Gasteiger partial charge in [-0.25, -0.2) is 9.37 Å². The Labute approximate surface area is 128 Å². The molecule has 0 saturated heterocycles. The molecule has 2 aromatic carbocycles. The minimum atomic E-state index is -0.324. The van der Waals surface area contributed by atoms with Crippen molar-refractivity contribution in [3.63, 3.8) is 0 Å². The first-order chi connectivity index (χ1) is 10.8. The highest BCUT2D eigenvalue weighted by Gasteiger charge is 2.12. The van der Waals surface area contributed by atoms with Crippen LogP contribution in [0, 0.1) is 5.82 Å². The molecule has 1 aromatic heterocycles. The number of nitrogens with zero attached hydrogens (tertiary/aromatic N) is 1. The van der Waals surface area contributed by atoms with E-state index in [4.69, 9.17) is 0 Å². The number of H-pyrrole nitrogens is 1.